The molecule has 0 unspecified atom stereocenters. The van der Waals surface area contributed by atoms with Gasteiger partial charge in [-0.05, 0) is 54.6 Å². The van der Waals surface area contributed by atoms with Crippen molar-refractivity contribution in [2.75, 3.05) is 6.61 Å². The van der Waals surface area contributed by atoms with Gasteiger partial charge in [-0.2, -0.15) is 4.98 Å². The first kappa shape index (κ1) is 24.1. The molecule has 1 fully saturated rings. The fourth-order valence-corrected chi connectivity index (χ4v) is 4.07. The van der Waals surface area contributed by atoms with Crippen molar-refractivity contribution < 1.29 is 28.2 Å². The van der Waals surface area contributed by atoms with Crippen LogP contribution in [0.2, 0.25) is 10.0 Å². The lowest BCUT2D eigenvalue weighted by molar-refractivity contribution is -0.0581. The Kier molecular flexibility index (Phi) is 6.77. The van der Waals surface area contributed by atoms with Crippen molar-refractivity contribution in [3.05, 3.63) is 98.7 Å². The van der Waals surface area contributed by atoms with Crippen molar-refractivity contribution in [2.45, 2.75) is 24.9 Å². The molecule has 1 saturated heterocycles. The maximum absolute atomic E-state index is 12.8. The van der Waals surface area contributed by atoms with Gasteiger partial charge in [-0.25, -0.2) is 14.4 Å². The van der Waals surface area contributed by atoms with Gasteiger partial charge in [0.15, 0.2) is 0 Å². The number of aromatic nitrogens is 2. The second kappa shape index (κ2) is 10.1. The van der Waals surface area contributed by atoms with Crippen molar-refractivity contribution in [3.8, 4) is 0 Å². The Morgan fingerprint density at radius 1 is 0.972 bits per heavy atom. The predicted molar refractivity (Wildman–Crippen MR) is 129 cm³/mol. The molecular weight excluding hydrogens is 511 g/mol. The summed E-state index contributed by atoms with van der Waals surface area (Å²) in [5, 5.41) is 1.56. The average Bonchev–Trinajstić information content (AvgIpc) is 3.49. The monoisotopic (exact) mass is 528 g/mol. The van der Waals surface area contributed by atoms with Gasteiger partial charge in [-0.1, -0.05) is 23.2 Å². The van der Waals surface area contributed by atoms with Crippen LogP contribution in [0.25, 0.3) is 11.1 Å². The SMILES string of the molecule is O=C(OC[C@H]1O[C@H](n2cc3ccoc3nc2=O)C[C@@H]1OC(=O)c1ccc(Cl)cc1)c1ccc(Cl)cc1. The molecule has 4 aromatic rings. The topological polar surface area (TPSA) is 110 Å². The van der Waals surface area contributed by atoms with Gasteiger partial charge >= 0.3 is 17.6 Å². The van der Waals surface area contributed by atoms with E-state index >= 15 is 0 Å². The van der Waals surface area contributed by atoms with Gasteiger partial charge in [0.25, 0.3) is 0 Å². The number of carbonyl (C=O) groups excluding carboxylic acids is 2. The maximum Gasteiger partial charge on any atom is 0.353 e. The van der Waals surface area contributed by atoms with Gasteiger partial charge in [0.05, 0.1) is 22.8 Å². The fourth-order valence-electron chi connectivity index (χ4n) is 3.82. The highest BCUT2D eigenvalue weighted by molar-refractivity contribution is 6.31. The Balaban J connectivity index is 1.36. The summed E-state index contributed by atoms with van der Waals surface area (Å²) in [6.45, 7) is -0.216. The van der Waals surface area contributed by atoms with Crippen LogP contribution in [0.5, 0.6) is 0 Å². The van der Waals surface area contributed by atoms with E-state index in [4.69, 9.17) is 41.8 Å². The van der Waals surface area contributed by atoms with Crippen LogP contribution >= 0.6 is 23.2 Å². The van der Waals surface area contributed by atoms with Crippen molar-refractivity contribution in [2.24, 2.45) is 0 Å². The van der Waals surface area contributed by atoms with Gasteiger partial charge in [0, 0.05) is 22.7 Å². The maximum atomic E-state index is 12.8. The van der Waals surface area contributed by atoms with Crippen LogP contribution in [0.15, 0.2) is 76.3 Å². The molecule has 0 amide bonds. The minimum atomic E-state index is -0.838. The van der Waals surface area contributed by atoms with E-state index in [1.807, 2.05) is 0 Å². The lowest BCUT2D eigenvalue weighted by atomic mass is 10.1. The molecule has 0 bridgehead atoms. The molecule has 0 N–H and O–H groups in total. The van der Waals surface area contributed by atoms with Crippen molar-refractivity contribution in [1.29, 1.82) is 0 Å². The van der Waals surface area contributed by atoms with Crippen LogP contribution in [0.1, 0.15) is 33.4 Å². The highest BCUT2D eigenvalue weighted by Crippen LogP contribution is 2.32. The number of carbonyl (C=O) groups is 2. The molecule has 0 radical (unpaired) electrons. The average molecular weight is 529 g/mol. The molecule has 184 valence electrons. The summed E-state index contributed by atoms with van der Waals surface area (Å²) in [4.78, 5) is 41.8. The lowest BCUT2D eigenvalue weighted by Crippen LogP contribution is -2.32. The first-order chi connectivity index (χ1) is 17.4. The van der Waals surface area contributed by atoms with Crippen LogP contribution < -0.4 is 5.69 Å². The Labute approximate surface area is 214 Å². The number of nitrogens with zero attached hydrogens (tertiary/aromatic N) is 2. The number of rotatable bonds is 6. The van der Waals surface area contributed by atoms with Crippen LogP contribution in [0, 0.1) is 0 Å². The highest BCUT2D eigenvalue weighted by atomic mass is 35.5. The molecule has 5 rings (SSSR count). The zero-order chi connectivity index (χ0) is 25.2. The first-order valence-corrected chi connectivity index (χ1v) is 11.6. The standard InChI is InChI=1S/C25H18Cl2N2O7/c26-17-5-1-14(2-6-17)23(30)34-13-20-19(36-24(31)15-3-7-18(27)8-4-15)11-21(35-20)29-12-16-9-10-33-22(16)28-25(29)32/h1-10,12,19-21H,11,13H2/t19-,20+,21-/m0/s1. The van der Waals surface area contributed by atoms with Gasteiger partial charge in [-0.3, -0.25) is 4.57 Å². The van der Waals surface area contributed by atoms with E-state index in [0.29, 0.717) is 26.6 Å². The molecule has 36 heavy (non-hydrogen) atoms. The van der Waals surface area contributed by atoms with E-state index in [1.165, 1.54) is 35.1 Å². The van der Waals surface area contributed by atoms with Gasteiger partial charge in [0.2, 0.25) is 5.71 Å². The Morgan fingerprint density at radius 3 is 2.28 bits per heavy atom. The van der Waals surface area contributed by atoms with Gasteiger partial charge in [-0.15, -0.1) is 0 Å². The molecule has 0 spiro atoms. The summed E-state index contributed by atoms with van der Waals surface area (Å²) >= 11 is 11.8. The zero-order valence-electron chi connectivity index (χ0n) is 18.5. The van der Waals surface area contributed by atoms with Crippen LogP contribution in [-0.2, 0) is 14.2 Å². The normalized spacial score (nSPS) is 19.3. The Morgan fingerprint density at radius 2 is 1.61 bits per heavy atom. The summed E-state index contributed by atoms with van der Waals surface area (Å²) in [5.41, 5.74) is 0.199. The van der Waals surface area contributed by atoms with E-state index in [1.54, 1.807) is 36.5 Å². The summed E-state index contributed by atoms with van der Waals surface area (Å²) < 4.78 is 23.6. The van der Waals surface area contributed by atoms with Gasteiger partial charge in [0.1, 0.15) is 25.0 Å². The van der Waals surface area contributed by atoms with E-state index < -0.39 is 36.1 Å². The molecule has 0 aliphatic carbocycles. The predicted octanol–water partition coefficient (Wildman–Crippen LogP) is 4.67. The third-order valence-electron chi connectivity index (χ3n) is 5.66. The van der Waals surface area contributed by atoms with Crippen LogP contribution in [0.4, 0.5) is 0 Å². The van der Waals surface area contributed by atoms with E-state index in [9.17, 15) is 14.4 Å². The smallest absolute Gasteiger partial charge is 0.353 e. The van der Waals surface area contributed by atoms with Gasteiger partial charge < -0.3 is 18.6 Å². The molecule has 9 nitrogen and oxygen atoms in total. The largest absolute Gasteiger partial charge is 0.459 e. The second-order valence-electron chi connectivity index (χ2n) is 8.03. The second-order valence-corrected chi connectivity index (χ2v) is 8.91. The third-order valence-corrected chi connectivity index (χ3v) is 6.16. The molecule has 11 heteroatoms. The number of furan rings is 1. The molecule has 2 aromatic heterocycles. The summed E-state index contributed by atoms with van der Waals surface area (Å²) in [6.07, 6.45) is 0.642. The summed E-state index contributed by atoms with van der Waals surface area (Å²) in [6, 6.07) is 14.1. The van der Waals surface area contributed by atoms with E-state index in [-0.39, 0.29) is 18.7 Å². The minimum Gasteiger partial charge on any atom is -0.459 e. The Bertz CT molecular complexity index is 1460. The fraction of sp³-hybridized carbons (Fsp3) is 0.200. The number of ether oxygens (including phenoxy) is 3. The molecule has 3 heterocycles. The molecule has 0 saturated carbocycles. The van der Waals surface area contributed by atoms with Crippen molar-refractivity contribution in [3.63, 3.8) is 0 Å². The summed E-state index contributed by atoms with van der Waals surface area (Å²) in [7, 11) is 0. The third kappa shape index (κ3) is 5.13. The first-order valence-electron chi connectivity index (χ1n) is 10.9. The molecule has 3 atom stereocenters. The minimum absolute atomic E-state index is 0.132. The van der Waals surface area contributed by atoms with E-state index in [2.05, 4.69) is 4.98 Å². The number of halogens is 2. The molecule has 1 aliphatic heterocycles. The van der Waals surface area contributed by atoms with Crippen molar-refractivity contribution >= 4 is 46.2 Å². The highest BCUT2D eigenvalue weighted by Gasteiger charge is 2.40. The van der Waals surface area contributed by atoms with Crippen LogP contribution in [0.3, 0.4) is 0 Å². The number of benzene rings is 2. The number of hydrogen-bond acceptors (Lipinski definition) is 8. The zero-order valence-corrected chi connectivity index (χ0v) is 20.0. The number of esters is 2. The Hall–Kier alpha value is -3.66. The number of hydrogen-bond donors (Lipinski definition) is 0. The number of fused-ring (bicyclic) bond motifs is 1. The van der Waals surface area contributed by atoms with E-state index in [0.717, 1.165) is 0 Å². The van der Waals surface area contributed by atoms with Crippen molar-refractivity contribution in [1.82, 2.24) is 9.55 Å². The lowest BCUT2D eigenvalue weighted by Gasteiger charge is -2.19. The molecule has 2 aromatic carbocycles. The molecular formula is C25H18Cl2N2O7. The van der Waals surface area contributed by atoms with Crippen LogP contribution in [-0.4, -0.2) is 40.3 Å². The quantitative estimate of drug-likeness (QED) is 0.332. The molecule has 1 aliphatic rings. The summed E-state index contributed by atoms with van der Waals surface area (Å²) in [5.74, 6) is -1.20.